The van der Waals surface area contributed by atoms with Crippen molar-refractivity contribution in [2.75, 3.05) is 37.7 Å². The molecule has 0 unspecified atom stereocenters. The topological polar surface area (TPSA) is 49.9 Å². The van der Waals surface area contributed by atoms with Gasteiger partial charge in [-0.1, -0.05) is 12.1 Å². The Hall–Kier alpha value is -2.82. The van der Waals surface area contributed by atoms with Crippen LogP contribution >= 0.6 is 0 Å². The minimum atomic E-state index is 0.0413. The number of nitrogens with zero attached hydrogens (tertiary/aromatic N) is 2. The van der Waals surface area contributed by atoms with Crippen LogP contribution in [0.15, 0.2) is 48.5 Å². The Morgan fingerprint density at radius 3 is 2.36 bits per heavy atom. The number of rotatable bonds is 7. The summed E-state index contributed by atoms with van der Waals surface area (Å²) in [5, 5.41) is 0. The van der Waals surface area contributed by atoms with E-state index in [0.717, 1.165) is 31.9 Å². The number of Topliss-reactive ketones (excluding diaryl/α,β-unsaturated/α-hetero) is 1. The maximum Gasteiger partial charge on any atom is 0.222 e. The van der Waals surface area contributed by atoms with Gasteiger partial charge in [0.25, 0.3) is 0 Å². The van der Waals surface area contributed by atoms with Gasteiger partial charge in [0.1, 0.15) is 5.75 Å². The number of amides is 1. The minimum absolute atomic E-state index is 0.0413. The largest absolute Gasteiger partial charge is 0.494 e. The van der Waals surface area contributed by atoms with Gasteiger partial charge in [0, 0.05) is 43.9 Å². The van der Waals surface area contributed by atoms with Crippen molar-refractivity contribution >= 4 is 17.4 Å². The van der Waals surface area contributed by atoms with E-state index in [0.29, 0.717) is 25.0 Å². The van der Waals surface area contributed by atoms with Crippen molar-refractivity contribution in [1.29, 1.82) is 0 Å². The highest BCUT2D eigenvalue weighted by Crippen LogP contribution is 2.18. The van der Waals surface area contributed by atoms with E-state index in [1.165, 1.54) is 11.3 Å². The minimum Gasteiger partial charge on any atom is -0.494 e. The fraction of sp³-hybridized carbons (Fsp3) is 0.391. The number of benzene rings is 2. The van der Waals surface area contributed by atoms with Gasteiger partial charge in [-0.15, -0.1) is 0 Å². The van der Waals surface area contributed by atoms with E-state index in [9.17, 15) is 9.59 Å². The second-order valence-electron chi connectivity index (χ2n) is 7.24. The van der Waals surface area contributed by atoms with Crippen LogP contribution in [0.1, 0.15) is 35.7 Å². The maximum atomic E-state index is 12.4. The summed E-state index contributed by atoms with van der Waals surface area (Å²) in [6.45, 7) is 7.41. The molecule has 3 rings (SSSR count). The number of piperazine rings is 1. The molecule has 1 saturated heterocycles. The van der Waals surface area contributed by atoms with Crippen LogP contribution in [0.4, 0.5) is 5.69 Å². The molecule has 5 heteroatoms. The van der Waals surface area contributed by atoms with Gasteiger partial charge in [-0.05, 0) is 62.2 Å². The Bertz CT molecular complexity index is 809. The standard InChI is InChI=1S/C23H28N2O3/c1-18-5-3-6-21(17-18)24-12-14-25(15-13-24)23(27)7-4-16-28-22-10-8-20(9-11-22)19(2)26/h3,5-6,8-11,17H,4,7,12-16H2,1-2H3. The summed E-state index contributed by atoms with van der Waals surface area (Å²) in [5.74, 6) is 0.961. The predicted molar refractivity (Wildman–Crippen MR) is 111 cm³/mol. The third kappa shape index (κ3) is 5.35. The van der Waals surface area contributed by atoms with Crippen LogP contribution in [0.2, 0.25) is 0 Å². The van der Waals surface area contributed by atoms with E-state index in [-0.39, 0.29) is 11.7 Å². The fourth-order valence-electron chi connectivity index (χ4n) is 3.40. The molecule has 0 aromatic heterocycles. The molecule has 2 aromatic rings. The average Bonchev–Trinajstić information content (AvgIpc) is 2.71. The second-order valence-corrected chi connectivity index (χ2v) is 7.24. The summed E-state index contributed by atoms with van der Waals surface area (Å²) >= 11 is 0. The van der Waals surface area contributed by atoms with E-state index >= 15 is 0 Å². The molecule has 1 aliphatic heterocycles. The fourth-order valence-corrected chi connectivity index (χ4v) is 3.40. The second kappa shape index (κ2) is 9.40. The van der Waals surface area contributed by atoms with Crippen molar-refractivity contribution in [2.45, 2.75) is 26.7 Å². The molecule has 28 heavy (non-hydrogen) atoms. The number of ether oxygens (including phenoxy) is 1. The monoisotopic (exact) mass is 380 g/mol. The van der Waals surface area contributed by atoms with E-state index in [1.54, 1.807) is 31.2 Å². The van der Waals surface area contributed by atoms with Crippen molar-refractivity contribution in [3.63, 3.8) is 0 Å². The lowest BCUT2D eigenvalue weighted by Gasteiger charge is -2.36. The summed E-state index contributed by atoms with van der Waals surface area (Å²) in [6, 6.07) is 15.6. The van der Waals surface area contributed by atoms with Gasteiger partial charge in [-0.25, -0.2) is 0 Å². The molecule has 0 radical (unpaired) electrons. The molecular weight excluding hydrogens is 352 g/mol. The Morgan fingerprint density at radius 1 is 1.00 bits per heavy atom. The number of carbonyl (C=O) groups is 2. The van der Waals surface area contributed by atoms with Gasteiger partial charge in [0.05, 0.1) is 6.61 Å². The normalized spacial score (nSPS) is 14.1. The summed E-state index contributed by atoms with van der Waals surface area (Å²) in [4.78, 5) is 28.0. The Morgan fingerprint density at radius 2 is 1.71 bits per heavy atom. The van der Waals surface area contributed by atoms with Crippen LogP contribution < -0.4 is 9.64 Å². The molecule has 2 aromatic carbocycles. The van der Waals surface area contributed by atoms with Crippen molar-refractivity contribution in [3.05, 3.63) is 59.7 Å². The van der Waals surface area contributed by atoms with Gasteiger partial charge >= 0.3 is 0 Å². The smallest absolute Gasteiger partial charge is 0.222 e. The first-order valence-corrected chi connectivity index (χ1v) is 9.86. The lowest BCUT2D eigenvalue weighted by Crippen LogP contribution is -2.48. The molecule has 0 atom stereocenters. The van der Waals surface area contributed by atoms with Crippen molar-refractivity contribution in [1.82, 2.24) is 4.90 Å². The molecule has 0 bridgehead atoms. The van der Waals surface area contributed by atoms with Crippen LogP contribution in [-0.2, 0) is 4.79 Å². The summed E-state index contributed by atoms with van der Waals surface area (Å²) < 4.78 is 5.67. The first-order valence-electron chi connectivity index (χ1n) is 9.86. The molecule has 0 spiro atoms. The number of aryl methyl sites for hydroxylation is 1. The van der Waals surface area contributed by atoms with Crippen LogP contribution in [0, 0.1) is 6.92 Å². The molecule has 5 nitrogen and oxygen atoms in total. The quantitative estimate of drug-likeness (QED) is 0.543. The zero-order valence-corrected chi connectivity index (χ0v) is 16.7. The van der Waals surface area contributed by atoms with E-state index < -0.39 is 0 Å². The van der Waals surface area contributed by atoms with Crippen molar-refractivity contribution in [3.8, 4) is 5.75 Å². The third-order valence-corrected chi connectivity index (χ3v) is 5.06. The van der Waals surface area contributed by atoms with Crippen molar-refractivity contribution < 1.29 is 14.3 Å². The average molecular weight is 380 g/mol. The van der Waals surface area contributed by atoms with Gasteiger partial charge in [-0.3, -0.25) is 9.59 Å². The molecule has 1 aliphatic rings. The number of carbonyl (C=O) groups excluding carboxylic acids is 2. The third-order valence-electron chi connectivity index (χ3n) is 5.06. The van der Waals surface area contributed by atoms with Gasteiger partial charge < -0.3 is 14.5 Å². The lowest BCUT2D eigenvalue weighted by atomic mass is 10.1. The maximum absolute atomic E-state index is 12.4. The van der Waals surface area contributed by atoms with Crippen LogP contribution in [0.5, 0.6) is 5.75 Å². The SMILES string of the molecule is CC(=O)c1ccc(OCCCC(=O)N2CCN(c3cccc(C)c3)CC2)cc1. The number of hydrogen-bond acceptors (Lipinski definition) is 4. The zero-order valence-electron chi connectivity index (χ0n) is 16.7. The highest BCUT2D eigenvalue weighted by Gasteiger charge is 2.20. The van der Waals surface area contributed by atoms with E-state index in [2.05, 4.69) is 36.1 Å². The van der Waals surface area contributed by atoms with Crippen LogP contribution in [0.25, 0.3) is 0 Å². The highest BCUT2D eigenvalue weighted by atomic mass is 16.5. The summed E-state index contributed by atoms with van der Waals surface area (Å²) in [5.41, 5.74) is 3.16. The lowest BCUT2D eigenvalue weighted by molar-refractivity contribution is -0.131. The first-order chi connectivity index (χ1) is 13.5. The Balaban J connectivity index is 1.37. The predicted octanol–water partition coefficient (Wildman–Crippen LogP) is 3.71. The molecule has 0 N–H and O–H groups in total. The molecular formula is C23H28N2O3. The van der Waals surface area contributed by atoms with Crippen LogP contribution in [0.3, 0.4) is 0 Å². The molecule has 1 fully saturated rings. The Kier molecular flexibility index (Phi) is 6.69. The van der Waals surface area contributed by atoms with Gasteiger partial charge in [-0.2, -0.15) is 0 Å². The molecule has 1 amide bonds. The van der Waals surface area contributed by atoms with E-state index in [4.69, 9.17) is 4.74 Å². The summed E-state index contributed by atoms with van der Waals surface area (Å²) in [7, 11) is 0. The summed E-state index contributed by atoms with van der Waals surface area (Å²) in [6.07, 6.45) is 1.18. The number of ketones is 1. The van der Waals surface area contributed by atoms with Crippen LogP contribution in [-0.4, -0.2) is 49.4 Å². The van der Waals surface area contributed by atoms with E-state index in [1.807, 2.05) is 4.90 Å². The van der Waals surface area contributed by atoms with Gasteiger partial charge in [0.2, 0.25) is 5.91 Å². The molecule has 1 heterocycles. The zero-order chi connectivity index (χ0) is 19.9. The number of anilines is 1. The Labute approximate surface area is 166 Å². The molecule has 0 saturated carbocycles. The highest BCUT2D eigenvalue weighted by molar-refractivity contribution is 5.94. The molecule has 0 aliphatic carbocycles. The number of hydrogen-bond donors (Lipinski definition) is 0. The van der Waals surface area contributed by atoms with Crippen molar-refractivity contribution in [2.24, 2.45) is 0 Å². The first kappa shape index (κ1) is 19.9. The van der Waals surface area contributed by atoms with Gasteiger partial charge in [0.15, 0.2) is 5.78 Å². The molecule has 148 valence electrons.